The number of nitrogens with one attached hydrogen (secondary N) is 2. The molecule has 0 aromatic heterocycles. The summed E-state index contributed by atoms with van der Waals surface area (Å²) in [5, 5.41) is 5.85. The third-order valence-corrected chi connectivity index (χ3v) is 4.69. The van der Waals surface area contributed by atoms with E-state index in [9.17, 15) is 9.59 Å². The maximum absolute atomic E-state index is 12.5. The van der Waals surface area contributed by atoms with E-state index in [1.807, 2.05) is 69.3 Å². The van der Waals surface area contributed by atoms with E-state index in [1.165, 1.54) is 0 Å². The molecule has 2 N–H and O–H groups in total. The summed E-state index contributed by atoms with van der Waals surface area (Å²) in [6, 6.07) is 15.3. The molecule has 0 heterocycles. The standard InChI is InChI=1S/C22H26N2O3/c1-14(2)27-20-11-7-6-10-19(20)24-22(26)18-12-17(18)21(25)23-13-16-9-5-4-8-15(16)3/h4-11,14,17-18H,12-13H2,1-3H3,(H,23,25)(H,24,26). The summed E-state index contributed by atoms with van der Waals surface area (Å²) in [4.78, 5) is 24.9. The Balaban J connectivity index is 1.53. The van der Waals surface area contributed by atoms with Crippen LogP contribution in [0.1, 0.15) is 31.4 Å². The molecule has 5 nitrogen and oxygen atoms in total. The minimum Gasteiger partial charge on any atom is -0.489 e. The minimum atomic E-state index is -0.283. The Morgan fingerprint density at radius 1 is 1.04 bits per heavy atom. The molecule has 2 unspecified atom stereocenters. The fraction of sp³-hybridized carbons (Fsp3) is 0.364. The fourth-order valence-electron chi connectivity index (χ4n) is 3.05. The first-order chi connectivity index (χ1) is 13.0. The Kier molecular flexibility index (Phi) is 5.79. The van der Waals surface area contributed by atoms with Gasteiger partial charge in [-0.25, -0.2) is 0 Å². The lowest BCUT2D eigenvalue weighted by atomic mass is 10.1. The zero-order chi connectivity index (χ0) is 19.4. The molecule has 27 heavy (non-hydrogen) atoms. The SMILES string of the molecule is Cc1ccccc1CNC(=O)C1CC1C(=O)Nc1ccccc1OC(C)C. The van der Waals surface area contributed by atoms with Gasteiger partial charge in [-0.15, -0.1) is 0 Å². The molecule has 2 amide bonds. The van der Waals surface area contributed by atoms with Crippen molar-refractivity contribution in [2.24, 2.45) is 11.8 Å². The lowest BCUT2D eigenvalue weighted by Crippen LogP contribution is -2.27. The predicted molar refractivity (Wildman–Crippen MR) is 105 cm³/mol. The van der Waals surface area contributed by atoms with Crippen LogP contribution in [0.5, 0.6) is 5.75 Å². The van der Waals surface area contributed by atoms with Crippen LogP contribution in [-0.4, -0.2) is 17.9 Å². The smallest absolute Gasteiger partial charge is 0.228 e. The number of rotatable bonds is 7. The third-order valence-electron chi connectivity index (χ3n) is 4.69. The average molecular weight is 366 g/mol. The van der Waals surface area contributed by atoms with Crippen molar-refractivity contribution < 1.29 is 14.3 Å². The molecule has 1 aliphatic carbocycles. The lowest BCUT2D eigenvalue weighted by Gasteiger charge is -2.14. The Morgan fingerprint density at radius 3 is 2.44 bits per heavy atom. The van der Waals surface area contributed by atoms with Crippen molar-refractivity contribution in [2.75, 3.05) is 5.32 Å². The van der Waals surface area contributed by atoms with Crippen LogP contribution >= 0.6 is 0 Å². The van der Waals surface area contributed by atoms with Crippen LogP contribution in [0.25, 0.3) is 0 Å². The zero-order valence-corrected chi connectivity index (χ0v) is 16.0. The van der Waals surface area contributed by atoms with Crippen molar-refractivity contribution in [1.82, 2.24) is 5.32 Å². The van der Waals surface area contributed by atoms with Gasteiger partial charge in [0.15, 0.2) is 0 Å². The van der Waals surface area contributed by atoms with Crippen molar-refractivity contribution in [1.29, 1.82) is 0 Å². The molecule has 0 saturated heterocycles. The summed E-state index contributed by atoms with van der Waals surface area (Å²) in [6.07, 6.45) is 0.600. The van der Waals surface area contributed by atoms with Gasteiger partial charge >= 0.3 is 0 Å². The molecule has 1 saturated carbocycles. The third kappa shape index (κ3) is 4.88. The van der Waals surface area contributed by atoms with Gasteiger partial charge in [-0.05, 0) is 50.5 Å². The van der Waals surface area contributed by atoms with Crippen LogP contribution in [0.3, 0.4) is 0 Å². The van der Waals surface area contributed by atoms with Crippen LogP contribution in [0.2, 0.25) is 0 Å². The molecule has 1 fully saturated rings. The second-order valence-electron chi connectivity index (χ2n) is 7.24. The lowest BCUT2D eigenvalue weighted by molar-refractivity contribution is -0.125. The van der Waals surface area contributed by atoms with E-state index in [2.05, 4.69) is 10.6 Å². The van der Waals surface area contributed by atoms with Gasteiger partial charge < -0.3 is 15.4 Å². The Labute approximate surface area is 160 Å². The van der Waals surface area contributed by atoms with E-state index in [0.717, 1.165) is 11.1 Å². The molecule has 0 bridgehead atoms. The number of anilines is 1. The summed E-state index contributed by atoms with van der Waals surface area (Å²) < 4.78 is 5.73. The monoisotopic (exact) mass is 366 g/mol. The molecule has 0 radical (unpaired) electrons. The van der Waals surface area contributed by atoms with Gasteiger partial charge in [0.2, 0.25) is 11.8 Å². The largest absolute Gasteiger partial charge is 0.489 e. The van der Waals surface area contributed by atoms with Gasteiger partial charge in [-0.3, -0.25) is 9.59 Å². The Bertz CT molecular complexity index is 832. The van der Waals surface area contributed by atoms with Crippen LogP contribution in [0.4, 0.5) is 5.69 Å². The number of benzene rings is 2. The van der Waals surface area contributed by atoms with E-state index in [4.69, 9.17) is 4.74 Å². The highest BCUT2D eigenvalue weighted by atomic mass is 16.5. The topological polar surface area (TPSA) is 67.4 Å². The van der Waals surface area contributed by atoms with Crippen molar-refractivity contribution in [2.45, 2.75) is 39.8 Å². The number of para-hydroxylation sites is 2. The predicted octanol–water partition coefficient (Wildman–Crippen LogP) is 3.67. The molecule has 0 aliphatic heterocycles. The van der Waals surface area contributed by atoms with Gasteiger partial charge in [0.1, 0.15) is 5.75 Å². The number of hydrogen-bond acceptors (Lipinski definition) is 3. The number of aryl methyl sites for hydroxylation is 1. The summed E-state index contributed by atoms with van der Waals surface area (Å²) in [5.41, 5.74) is 2.87. The maximum Gasteiger partial charge on any atom is 0.228 e. The number of amides is 2. The normalized spacial score (nSPS) is 18.1. The molecular formula is C22H26N2O3. The molecule has 1 aliphatic rings. The van der Waals surface area contributed by atoms with Gasteiger partial charge in [-0.1, -0.05) is 36.4 Å². The van der Waals surface area contributed by atoms with Crippen LogP contribution in [0, 0.1) is 18.8 Å². The summed E-state index contributed by atoms with van der Waals surface area (Å²) >= 11 is 0. The molecule has 2 aromatic rings. The van der Waals surface area contributed by atoms with Crippen molar-refractivity contribution in [3.8, 4) is 5.75 Å². The molecule has 3 rings (SSSR count). The highest BCUT2D eigenvalue weighted by molar-refractivity contribution is 6.00. The number of hydrogen-bond donors (Lipinski definition) is 2. The second-order valence-corrected chi connectivity index (χ2v) is 7.24. The fourth-order valence-corrected chi connectivity index (χ4v) is 3.05. The summed E-state index contributed by atoms with van der Waals surface area (Å²) in [6.45, 7) is 6.38. The highest BCUT2D eigenvalue weighted by Crippen LogP contribution is 2.40. The first-order valence-electron chi connectivity index (χ1n) is 9.34. The Morgan fingerprint density at radius 2 is 1.70 bits per heavy atom. The van der Waals surface area contributed by atoms with Crippen molar-refractivity contribution in [3.05, 3.63) is 59.7 Å². The van der Waals surface area contributed by atoms with E-state index in [0.29, 0.717) is 24.4 Å². The molecular weight excluding hydrogens is 340 g/mol. The van der Waals surface area contributed by atoms with Gasteiger partial charge in [0, 0.05) is 6.54 Å². The number of carbonyl (C=O) groups is 2. The molecule has 2 atom stereocenters. The number of ether oxygens (including phenoxy) is 1. The van der Waals surface area contributed by atoms with E-state index < -0.39 is 0 Å². The van der Waals surface area contributed by atoms with Gasteiger partial charge in [0.05, 0.1) is 23.6 Å². The van der Waals surface area contributed by atoms with Crippen molar-refractivity contribution in [3.63, 3.8) is 0 Å². The Hall–Kier alpha value is -2.82. The summed E-state index contributed by atoms with van der Waals surface area (Å²) in [5.74, 6) is -0.0980. The highest BCUT2D eigenvalue weighted by Gasteiger charge is 2.48. The quantitative estimate of drug-likeness (QED) is 0.786. The maximum atomic E-state index is 12.5. The van der Waals surface area contributed by atoms with Crippen molar-refractivity contribution >= 4 is 17.5 Å². The van der Waals surface area contributed by atoms with Crippen LogP contribution < -0.4 is 15.4 Å². The second kappa shape index (κ2) is 8.25. The minimum absolute atomic E-state index is 0.0175. The molecule has 2 aromatic carbocycles. The molecule has 0 spiro atoms. The first-order valence-corrected chi connectivity index (χ1v) is 9.34. The van der Waals surface area contributed by atoms with Crippen LogP contribution in [-0.2, 0) is 16.1 Å². The van der Waals surface area contributed by atoms with Gasteiger partial charge in [-0.2, -0.15) is 0 Å². The van der Waals surface area contributed by atoms with Gasteiger partial charge in [0.25, 0.3) is 0 Å². The van der Waals surface area contributed by atoms with E-state index >= 15 is 0 Å². The van der Waals surface area contributed by atoms with Crippen LogP contribution in [0.15, 0.2) is 48.5 Å². The zero-order valence-electron chi connectivity index (χ0n) is 16.0. The first kappa shape index (κ1) is 19.0. The average Bonchev–Trinajstić information content (AvgIpc) is 3.43. The molecule has 5 heteroatoms. The summed E-state index contributed by atoms with van der Waals surface area (Å²) in [7, 11) is 0. The van der Waals surface area contributed by atoms with E-state index in [-0.39, 0.29) is 29.8 Å². The molecule has 142 valence electrons. The van der Waals surface area contributed by atoms with E-state index in [1.54, 1.807) is 0 Å². The number of carbonyl (C=O) groups excluding carboxylic acids is 2.